The third-order valence-electron chi connectivity index (χ3n) is 6.65. The van der Waals surface area contributed by atoms with Gasteiger partial charge in [0.1, 0.15) is 5.54 Å². The lowest BCUT2D eigenvalue weighted by molar-refractivity contribution is -0.125. The van der Waals surface area contributed by atoms with Gasteiger partial charge in [0.25, 0.3) is 5.91 Å². The topological polar surface area (TPSA) is 89.1 Å². The Bertz CT molecular complexity index is 600. The number of amides is 3. The average molecular weight is 520 g/mol. The summed E-state index contributed by atoms with van der Waals surface area (Å²) in [6.45, 7) is 9.76. The van der Waals surface area contributed by atoms with E-state index in [9.17, 15) is 9.59 Å². The molecule has 0 aromatic rings. The maximum Gasteiger partial charge on any atom is 0.322 e. The van der Waals surface area contributed by atoms with Crippen LogP contribution in [0.4, 0.5) is 4.79 Å². The fraction of sp³-hybridized carbons (Fsp3) is 0.850. The van der Waals surface area contributed by atoms with Crippen LogP contribution in [0, 0.1) is 11.8 Å². The van der Waals surface area contributed by atoms with Gasteiger partial charge in [-0.3, -0.25) is 15.1 Å². The van der Waals surface area contributed by atoms with Gasteiger partial charge < -0.3 is 20.4 Å². The molecule has 0 radical (unpaired) electrons. The van der Waals surface area contributed by atoms with Gasteiger partial charge in [-0.1, -0.05) is 0 Å². The van der Waals surface area contributed by atoms with Gasteiger partial charge in [-0.25, -0.2) is 4.79 Å². The molecular weight excluding hydrogens is 483 g/mol. The molecule has 0 bridgehead atoms. The zero-order valence-corrected chi connectivity index (χ0v) is 20.3. The van der Waals surface area contributed by atoms with E-state index in [0.29, 0.717) is 0 Å². The van der Waals surface area contributed by atoms with Crippen molar-refractivity contribution in [2.75, 3.05) is 46.3 Å². The molecule has 0 saturated carbocycles. The number of nitrogens with zero attached hydrogens (tertiary/aromatic N) is 3. The first kappa shape index (κ1) is 24.2. The monoisotopic (exact) mass is 520 g/mol. The third kappa shape index (κ3) is 5.96. The zero-order valence-electron chi connectivity index (χ0n) is 18.0. The van der Waals surface area contributed by atoms with Gasteiger partial charge in [0.2, 0.25) is 0 Å². The molecule has 0 aromatic heterocycles. The van der Waals surface area contributed by atoms with Gasteiger partial charge >= 0.3 is 6.03 Å². The van der Waals surface area contributed by atoms with Gasteiger partial charge in [-0.2, -0.15) is 0 Å². The van der Waals surface area contributed by atoms with Crippen molar-refractivity contribution in [2.45, 2.75) is 51.5 Å². The summed E-state index contributed by atoms with van der Waals surface area (Å²) in [5.41, 5.74) is -0.785. The Balaban J connectivity index is 0.00000300. The smallest absolute Gasteiger partial charge is 0.322 e. The van der Waals surface area contributed by atoms with E-state index in [1.165, 1.54) is 25.9 Å². The first-order valence-electron chi connectivity index (χ1n) is 10.8. The van der Waals surface area contributed by atoms with Gasteiger partial charge in [0.15, 0.2) is 5.96 Å². The summed E-state index contributed by atoms with van der Waals surface area (Å²) >= 11 is 0. The number of likely N-dealkylation sites (tertiary alicyclic amines) is 2. The van der Waals surface area contributed by atoms with E-state index in [4.69, 9.17) is 4.99 Å². The molecule has 0 spiro atoms. The molecule has 3 aliphatic heterocycles. The molecule has 3 amide bonds. The molecule has 1 unspecified atom stereocenters. The van der Waals surface area contributed by atoms with Crippen LogP contribution < -0.4 is 16.0 Å². The SMILES string of the molecule is CCNC(=NCCC1CCN(C)CC1)N1CCC(C2(C)NC(=O)NC2=O)CC1.I. The van der Waals surface area contributed by atoms with Crippen LogP contribution in [0.3, 0.4) is 0 Å². The van der Waals surface area contributed by atoms with Crippen molar-refractivity contribution in [3.63, 3.8) is 0 Å². The van der Waals surface area contributed by atoms with E-state index in [1.807, 2.05) is 6.92 Å². The molecule has 1 atom stereocenters. The second-order valence-electron chi connectivity index (χ2n) is 8.64. The Kier molecular flexibility index (Phi) is 8.99. The normalized spacial score (nSPS) is 27.4. The van der Waals surface area contributed by atoms with Crippen molar-refractivity contribution < 1.29 is 9.59 Å². The van der Waals surface area contributed by atoms with Crippen molar-refractivity contribution in [1.82, 2.24) is 25.8 Å². The molecule has 9 heteroatoms. The fourth-order valence-corrected chi connectivity index (χ4v) is 4.64. The summed E-state index contributed by atoms with van der Waals surface area (Å²) < 4.78 is 0. The number of piperidine rings is 2. The minimum atomic E-state index is -0.785. The molecule has 8 nitrogen and oxygen atoms in total. The van der Waals surface area contributed by atoms with Crippen LogP contribution in [-0.2, 0) is 4.79 Å². The predicted molar refractivity (Wildman–Crippen MR) is 126 cm³/mol. The van der Waals surface area contributed by atoms with Crippen molar-refractivity contribution >= 4 is 41.9 Å². The number of guanidine groups is 1. The number of carbonyl (C=O) groups excluding carboxylic acids is 2. The number of rotatable bonds is 5. The average Bonchev–Trinajstić information content (AvgIpc) is 2.95. The van der Waals surface area contributed by atoms with E-state index in [2.05, 4.69) is 39.7 Å². The van der Waals surface area contributed by atoms with Crippen molar-refractivity contribution in [1.29, 1.82) is 0 Å². The second kappa shape index (κ2) is 10.8. The zero-order chi connectivity index (χ0) is 20.1. The van der Waals surface area contributed by atoms with Crippen LogP contribution in [0.5, 0.6) is 0 Å². The summed E-state index contributed by atoms with van der Waals surface area (Å²) in [4.78, 5) is 33.3. The van der Waals surface area contributed by atoms with Crippen LogP contribution in [-0.4, -0.2) is 79.6 Å². The summed E-state index contributed by atoms with van der Waals surface area (Å²) in [5, 5.41) is 8.63. The number of nitrogens with one attached hydrogen (secondary N) is 3. The Morgan fingerprint density at radius 3 is 2.38 bits per heavy atom. The highest BCUT2D eigenvalue weighted by molar-refractivity contribution is 14.0. The van der Waals surface area contributed by atoms with Crippen molar-refractivity contribution in [3.8, 4) is 0 Å². The molecule has 29 heavy (non-hydrogen) atoms. The molecule has 3 aliphatic rings. The van der Waals surface area contributed by atoms with Gasteiger partial charge in [0, 0.05) is 26.2 Å². The minimum absolute atomic E-state index is 0. The lowest BCUT2D eigenvalue weighted by Gasteiger charge is -2.39. The van der Waals surface area contributed by atoms with E-state index < -0.39 is 5.54 Å². The van der Waals surface area contributed by atoms with Gasteiger partial charge in [-0.15, -0.1) is 24.0 Å². The van der Waals surface area contributed by atoms with Crippen LogP contribution in [0.2, 0.25) is 0 Å². The largest absolute Gasteiger partial charge is 0.357 e. The second-order valence-corrected chi connectivity index (χ2v) is 8.64. The predicted octanol–water partition coefficient (Wildman–Crippen LogP) is 1.61. The molecule has 3 rings (SSSR count). The fourth-order valence-electron chi connectivity index (χ4n) is 4.64. The standard InChI is InChI=1S/C20H36N6O2.HI/c1-4-21-18(22-10-5-15-6-11-25(3)12-7-15)26-13-8-16(9-14-26)20(2)17(27)23-19(28)24-20;/h15-16H,4-14H2,1-3H3,(H,21,22)(H2,23,24,27,28);1H. The molecule has 3 saturated heterocycles. The van der Waals surface area contributed by atoms with Crippen LogP contribution in [0.15, 0.2) is 4.99 Å². The van der Waals surface area contributed by atoms with Gasteiger partial charge in [-0.05, 0) is 77.9 Å². The Morgan fingerprint density at radius 1 is 1.17 bits per heavy atom. The van der Waals surface area contributed by atoms with E-state index >= 15 is 0 Å². The third-order valence-corrected chi connectivity index (χ3v) is 6.65. The highest BCUT2D eigenvalue weighted by Gasteiger charge is 2.48. The molecule has 3 fully saturated rings. The maximum absolute atomic E-state index is 12.2. The number of halogens is 1. The molecule has 0 aliphatic carbocycles. The number of hydrogen-bond donors (Lipinski definition) is 3. The van der Waals surface area contributed by atoms with Crippen LogP contribution in [0.25, 0.3) is 0 Å². The van der Waals surface area contributed by atoms with E-state index in [1.54, 1.807) is 0 Å². The lowest BCUT2D eigenvalue weighted by Crippen LogP contribution is -2.55. The molecule has 166 valence electrons. The number of aliphatic imine (C=N–C) groups is 1. The number of urea groups is 1. The molecule has 3 heterocycles. The molecule has 3 N–H and O–H groups in total. The summed E-state index contributed by atoms with van der Waals surface area (Å²) in [6.07, 6.45) is 5.44. The summed E-state index contributed by atoms with van der Waals surface area (Å²) in [5.74, 6) is 1.73. The minimum Gasteiger partial charge on any atom is -0.357 e. The first-order chi connectivity index (χ1) is 13.4. The Labute approximate surface area is 191 Å². The highest BCUT2D eigenvalue weighted by atomic mass is 127. The number of imide groups is 1. The Morgan fingerprint density at radius 2 is 1.83 bits per heavy atom. The first-order valence-corrected chi connectivity index (χ1v) is 10.8. The van der Waals surface area contributed by atoms with E-state index in [-0.39, 0.29) is 41.8 Å². The lowest BCUT2D eigenvalue weighted by atomic mass is 9.79. The summed E-state index contributed by atoms with van der Waals surface area (Å²) in [7, 11) is 2.20. The van der Waals surface area contributed by atoms with Gasteiger partial charge in [0.05, 0.1) is 0 Å². The number of hydrogen-bond acceptors (Lipinski definition) is 4. The van der Waals surface area contributed by atoms with Crippen LogP contribution >= 0.6 is 24.0 Å². The number of carbonyl (C=O) groups is 2. The van der Waals surface area contributed by atoms with Crippen molar-refractivity contribution in [2.24, 2.45) is 16.8 Å². The van der Waals surface area contributed by atoms with Crippen LogP contribution in [0.1, 0.15) is 46.0 Å². The maximum atomic E-state index is 12.2. The molecule has 0 aromatic carbocycles. The quantitative estimate of drug-likeness (QED) is 0.222. The Hall–Kier alpha value is -1.10. The van der Waals surface area contributed by atoms with Crippen molar-refractivity contribution in [3.05, 3.63) is 0 Å². The summed E-state index contributed by atoms with van der Waals surface area (Å²) in [6, 6.07) is -0.376. The molecular formula is C20H37IN6O2. The van der Waals surface area contributed by atoms with E-state index in [0.717, 1.165) is 57.3 Å². The highest BCUT2D eigenvalue weighted by Crippen LogP contribution is 2.30.